The molecule has 0 bridgehead atoms. The average molecular weight is 383 g/mol. The lowest BCUT2D eigenvalue weighted by atomic mass is 10.2. The van der Waals surface area contributed by atoms with Crippen LogP contribution >= 0.6 is 11.6 Å². The Kier molecular flexibility index (Phi) is 5.48. The minimum atomic E-state index is -3.45. The highest BCUT2D eigenvalue weighted by atomic mass is 35.5. The van der Waals surface area contributed by atoms with Crippen LogP contribution in [0.4, 0.5) is 0 Å². The maximum Gasteiger partial charge on any atom is 0.243 e. The lowest BCUT2D eigenvalue weighted by Crippen LogP contribution is -2.48. The summed E-state index contributed by atoms with van der Waals surface area (Å²) in [6.07, 6.45) is 2.08. The minimum Gasteiger partial charge on any atom is -0.296 e. The number of halogens is 1. The van der Waals surface area contributed by atoms with Gasteiger partial charge in [-0.2, -0.15) is 9.40 Å². The van der Waals surface area contributed by atoms with Gasteiger partial charge in [0.15, 0.2) is 0 Å². The highest BCUT2D eigenvalue weighted by Crippen LogP contribution is 2.20. The van der Waals surface area contributed by atoms with Crippen molar-refractivity contribution in [2.45, 2.75) is 31.8 Å². The van der Waals surface area contributed by atoms with Crippen molar-refractivity contribution in [2.24, 2.45) is 0 Å². The molecule has 0 aliphatic carbocycles. The summed E-state index contributed by atoms with van der Waals surface area (Å²) < 4.78 is 28.9. The first kappa shape index (κ1) is 18.4. The molecule has 136 valence electrons. The molecule has 0 saturated carbocycles. The standard InChI is InChI=1S/C17H23ClN4O2S/c1-3-21-13-15(14(2)19-21)12-20-8-10-22(11-9-20)25(23,24)17-6-4-16(18)5-7-17/h4-7,13H,3,8-12H2,1-2H3. The fourth-order valence-electron chi connectivity index (χ4n) is 3.00. The van der Waals surface area contributed by atoms with E-state index in [1.54, 1.807) is 28.6 Å². The van der Waals surface area contributed by atoms with Crippen LogP contribution in [0.2, 0.25) is 5.02 Å². The van der Waals surface area contributed by atoms with Crippen molar-refractivity contribution in [3.63, 3.8) is 0 Å². The second-order valence-corrected chi connectivity index (χ2v) is 8.60. The third kappa shape index (κ3) is 4.06. The van der Waals surface area contributed by atoms with E-state index in [0.29, 0.717) is 36.1 Å². The molecule has 1 aromatic carbocycles. The summed E-state index contributed by atoms with van der Waals surface area (Å²) in [4.78, 5) is 2.57. The van der Waals surface area contributed by atoms with E-state index < -0.39 is 10.0 Å². The van der Waals surface area contributed by atoms with Gasteiger partial charge in [0, 0.05) is 56.1 Å². The van der Waals surface area contributed by atoms with E-state index in [2.05, 4.69) is 23.1 Å². The van der Waals surface area contributed by atoms with E-state index in [1.165, 1.54) is 5.56 Å². The molecule has 0 unspecified atom stereocenters. The molecular weight excluding hydrogens is 360 g/mol. The third-order valence-electron chi connectivity index (χ3n) is 4.55. The maximum atomic E-state index is 12.7. The largest absolute Gasteiger partial charge is 0.296 e. The van der Waals surface area contributed by atoms with Crippen LogP contribution in [0, 0.1) is 6.92 Å². The van der Waals surface area contributed by atoms with Gasteiger partial charge in [-0.25, -0.2) is 8.42 Å². The molecule has 3 rings (SSSR count). The molecule has 2 aromatic rings. The fraction of sp³-hybridized carbons (Fsp3) is 0.471. The molecule has 25 heavy (non-hydrogen) atoms. The molecule has 2 heterocycles. The first-order valence-electron chi connectivity index (χ1n) is 8.41. The summed E-state index contributed by atoms with van der Waals surface area (Å²) in [6.45, 7) is 8.15. The highest BCUT2D eigenvalue weighted by Gasteiger charge is 2.28. The molecule has 0 N–H and O–H groups in total. The normalized spacial score (nSPS) is 17.1. The predicted molar refractivity (Wildman–Crippen MR) is 98.1 cm³/mol. The summed E-state index contributed by atoms with van der Waals surface area (Å²) in [6, 6.07) is 6.34. The van der Waals surface area contributed by atoms with Gasteiger partial charge in [0.1, 0.15) is 0 Å². The third-order valence-corrected chi connectivity index (χ3v) is 6.71. The van der Waals surface area contributed by atoms with Gasteiger partial charge in [-0.3, -0.25) is 9.58 Å². The van der Waals surface area contributed by atoms with Gasteiger partial charge in [-0.1, -0.05) is 11.6 Å². The highest BCUT2D eigenvalue weighted by molar-refractivity contribution is 7.89. The number of aromatic nitrogens is 2. The number of piperazine rings is 1. The first-order chi connectivity index (χ1) is 11.9. The van der Waals surface area contributed by atoms with Gasteiger partial charge in [-0.15, -0.1) is 0 Å². The lowest BCUT2D eigenvalue weighted by molar-refractivity contribution is 0.181. The summed E-state index contributed by atoms with van der Waals surface area (Å²) in [7, 11) is -3.45. The smallest absolute Gasteiger partial charge is 0.243 e. The summed E-state index contributed by atoms with van der Waals surface area (Å²) >= 11 is 5.85. The molecule has 0 radical (unpaired) electrons. The number of nitrogens with zero attached hydrogens (tertiary/aromatic N) is 4. The van der Waals surface area contributed by atoms with E-state index in [4.69, 9.17) is 11.6 Å². The van der Waals surface area contributed by atoms with Crippen LogP contribution in [0.1, 0.15) is 18.2 Å². The molecule has 0 amide bonds. The Hall–Kier alpha value is -1.41. The van der Waals surface area contributed by atoms with Crippen molar-refractivity contribution in [3.05, 3.63) is 46.7 Å². The Morgan fingerprint density at radius 2 is 1.76 bits per heavy atom. The maximum absolute atomic E-state index is 12.7. The quantitative estimate of drug-likeness (QED) is 0.796. The van der Waals surface area contributed by atoms with Crippen molar-refractivity contribution in [1.82, 2.24) is 19.0 Å². The van der Waals surface area contributed by atoms with Gasteiger partial charge in [-0.05, 0) is 38.1 Å². The van der Waals surface area contributed by atoms with Crippen LogP contribution in [0.5, 0.6) is 0 Å². The first-order valence-corrected chi connectivity index (χ1v) is 10.2. The summed E-state index contributed by atoms with van der Waals surface area (Å²) in [5.74, 6) is 0. The van der Waals surface area contributed by atoms with Gasteiger partial charge >= 0.3 is 0 Å². The van der Waals surface area contributed by atoms with E-state index in [1.807, 2.05) is 11.6 Å². The number of benzene rings is 1. The summed E-state index contributed by atoms with van der Waals surface area (Å²) in [5, 5.41) is 5.00. The second-order valence-electron chi connectivity index (χ2n) is 6.23. The van der Waals surface area contributed by atoms with Crippen LogP contribution in [0.15, 0.2) is 35.4 Å². The van der Waals surface area contributed by atoms with Crippen LogP contribution in [0.25, 0.3) is 0 Å². The Labute approximate surface area is 154 Å². The van der Waals surface area contributed by atoms with Gasteiger partial charge in [0.05, 0.1) is 10.6 Å². The van der Waals surface area contributed by atoms with Crippen molar-refractivity contribution in [2.75, 3.05) is 26.2 Å². The van der Waals surface area contributed by atoms with Crippen molar-refractivity contribution < 1.29 is 8.42 Å². The zero-order valence-electron chi connectivity index (χ0n) is 14.5. The van der Waals surface area contributed by atoms with Crippen LogP contribution < -0.4 is 0 Å². The Bertz CT molecular complexity index is 825. The van der Waals surface area contributed by atoms with Crippen molar-refractivity contribution in [1.29, 1.82) is 0 Å². The zero-order valence-corrected chi connectivity index (χ0v) is 16.1. The van der Waals surface area contributed by atoms with Crippen LogP contribution in [-0.2, 0) is 23.1 Å². The lowest BCUT2D eigenvalue weighted by Gasteiger charge is -2.33. The topological polar surface area (TPSA) is 58.4 Å². The number of hydrogen-bond acceptors (Lipinski definition) is 4. The molecule has 0 spiro atoms. The average Bonchev–Trinajstić information content (AvgIpc) is 2.96. The van der Waals surface area contributed by atoms with Crippen LogP contribution in [-0.4, -0.2) is 53.6 Å². The predicted octanol–water partition coefficient (Wildman–Crippen LogP) is 2.37. The van der Waals surface area contributed by atoms with Crippen molar-refractivity contribution in [3.8, 4) is 0 Å². The van der Waals surface area contributed by atoms with Gasteiger partial charge < -0.3 is 0 Å². The molecule has 1 aliphatic rings. The number of aryl methyl sites for hydroxylation is 2. The van der Waals surface area contributed by atoms with E-state index in [-0.39, 0.29) is 0 Å². The SMILES string of the molecule is CCn1cc(CN2CCN(S(=O)(=O)c3ccc(Cl)cc3)CC2)c(C)n1. The molecule has 8 heteroatoms. The number of hydrogen-bond donors (Lipinski definition) is 0. The van der Waals surface area contributed by atoms with Crippen molar-refractivity contribution >= 4 is 21.6 Å². The van der Waals surface area contributed by atoms with Gasteiger partial charge in [0.25, 0.3) is 0 Å². The van der Waals surface area contributed by atoms with E-state index in [9.17, 15) is 8.42 Å². The molecule has 1 saturated heterocycles. The minimum absolute atomic E-state index is 0.297. The Morgan fingerprint density at radius 1 is 1.12 bits per heavy atom. The Morgan fingerprint density at radius 3 is 2.32 bits per heavy atom. The molecule has 1 aliphatic heterocycles. The molecule has 1 fully saturated rings. The second kappa shape index (κ2) is 7.45. The Balaban J connectivity index is 1.63. The monoisotopic (exact) mass is 382 g/mol. The molecule has 0 atom stereocenters. The van der Waals surface area contributed by atoms with Gasteiger partial charge in [0.2, 0.25) is 10.0 Å². The molecular formula is C17H23ClN4O2S. The van der Waals surface area contributed by atoms with E-state index >= 15 is 0 Å². The number of sulfonamides is 1. The van der Waals surface area contributed by atoms with E-state index in [0.717, 1.165) is 18.8 Å². The van der Waals surface area contributed by atoms with Crippen LogP contribution in [0.3, 0.4) is 0 Å². The number of rotatable bonds is 5. The fourth-order valence-corrected chi connectivity index (χ4v) is 4.55. The molecule has 6 nitrogen and oxygen atoms in total. The zero-order chi connectivity index (χ0) is 18.0. The summed E-state index contributed by atoms with van der Waals surface area (Å²) in [5.41, 5.74) is 2.24. The molecule has 1 aromatic heterocycles.